The molecule has 11 heterocycles. The Morgan fingerprint density at radius 2 is 0.411 bits per heavy atom. The van der Waals surface area contributed by atoms with Crippen LogP contribution in [0.15, 0.2) is 36.7 Å². The predicted octanol–water partition coefficient (Wildman–Crippen LogP) is 16.5. The summed E-state index contributed by atoms with van der Waals surface area (Å²) in [5, 5.41) is 3.37. The highest BCUT2D eigenvalue weighted by Gasteiger charge is 2.35. The number of rotatable bonds is 0. The molecule has 0 atom stereocenters. The first-order valence-corrected chi connectivity index (χ1v) is 31.0. The van der Waals surface area contributed by atoms with Gasteiger partial charge in [0.2, 0.25) is 0 Å². The molecule has 316 valence electrons. The Hall–Kier alpha value is -1.27. The molecular formula is C52H90N2Si2. The molecule has 0 amide bonds. The van der Waals surface area contributed by atoms with Crippen molar-refractivity contribution in [3.05, 3.63) is 36.7 Å². The predicted molar refractivity (Wildman–Crippen MR) is 253 cm³/mol. The summed E-state index contributed by atoms with van der Waals surface area (Å²) in [6.45, 7) is 0. The van der Waals surface area contributed by atoms with E-state index in [1.54, 1.807) is 10.4 Å². The zero-order chi connectivity index (χ0) is 38.7. The Bertz CT molecular complexity index is 1060. The molecule has 0 aromatic carbocycles. The van der Waals surface area contributed by atoms with Crippen LogP contribution >= 0.6 is 0 Å². The molecule has 0 spiro atoms. The lowest BCUT2D eigenvalue weighted by Gasteiger charge is -2.33. The standard InChI is InChI=1S/C52H90N2Si2/c1-2-8-14-20-26-32-42-56-45-35-29-23-17-11-5-3-9-15-21-27-33-43-55(41-31-25-19-13-7-1,44-34-28-22-16-10-4-6-12-18-24-30-36-46-56)49-37-39-51(53-47-49)52-40-38-50(56)48-54-52/h37-40,47-48H,1-36,41-46H2. The highest BCUT2D eigenvalue weighted by Crippen LogP contribution is 2.33. The third-order valence-electron chi connectivity index (χ3n) is 15.2. The number of aromatic nitrogens is 2. The molecule has 2 aromatic rings. The fraction of sp³-hybridized carbons (Fsp3) is 0.808. The molecule has 0 saturated heterocycles. The van der Waals surface area contributed by atoms with E-state index in [-0.39, 0.29) is 0 Å². The summed E-state index contributed by atoms with van der Waals surface area (Å²) in [5.74, 6) is 0. The van der Waals surface area contributed by atoms with Crippen molar-refractivity contribution in [2.75, 3.05) is 0 Å². The summed E-state index contributed by atoms with van der Waals surface area (Å²) in [7, 11) is -3.35. The molecule has 0 radical (unpaired) electrons. The van der Waals surface area contributed by atoms with E-state index in [0.29, 0.717) is 0 Å². The molecule has 4 heteroatoms. The van der Waals surface area contributed by atoms with Crippen molar-refractivity contribution in [3.8, 4) is 11.4 Å². The van der Waals surface area contributed by atoms with E-state index < -0.39 is 16.1 Å². The zero-order valence-corrected chi connectivity index (χ0v) is 39.1. The van der Waals surface area contributed by atoms with E-state index in [2.05, 4.69) is 36.7 Å². The first kappa shape index (κ1) is 45.8. The third kappa shape index (κ3) is 16.8. The summed E-state index contributed by atoms with van der Waals surface area (Å²) >= 11 is 0. The smallest absolute Gasteiger partial charge is 0.0887 e. The van der Waals surface area contributed by atoms with E-state index in [9.17, 15) is 0 Å². The van der Waals surface area contributed by atoms with Crippen LogP contribution in [0.3, 0.4) is 0 Å². The SMILES string of the molecule is c1cc2ncc1[Si]13CCCCCCCCCCCCCC[Si](CCCCCCCCCCCCCC1)(CCCCCCCCCCCCCC3)c1ccc-2nc1. The topological polar surface area (TPSA) is 25.8 Å². The summed E-state index contributed by atoms with van der Waals surface area (Å²) < 4.78 is 0. The molecule has 56 heavy (non-hydrogen) atoms. The van der Waals surface area contributed by atoms with Crippen LogP contribution in [0.1, 0.15) is 231 Å². The fourth-order valence-electron chi connectivity index (χ4n) is 11.4. The Balaban J connectivity index is 1.49. The monoisotopic (exact) mass is 799 g/mol. The number of hydrogen-bond acceptors (Lipinski definition) is 2. The number of nitrogens with zero attached hydrogens (tertiary/aromatic N) is 2. The second kappa shape index (κ2) is 28.2. The largest absolute Gasteiger partial charge is 0.255 e. The van der Waals surface area contributed by atoms with Gasteiger partial charge in [-0.25, -0.2) is 0 Å². The molecule has 0 N–H and O–H groups in total. The lowest BCUT2D eigenvalue weighted by Crippen LogP contribution is -2.48. The summed E-state index contributed by atoms with van der Waals surface area (Å²) in [5.41, 5.74) is 2.21. The van der Waals surface area contributed by atoms with Gasteiger partial charge in [0.05, 0.1) is 27.5 Å². The van der Waals surface area contributed by atoms with Crippen molar-refractivity contribution in [1.29, 1.82) is 0 Å². The van der Waals surface area contributed by atoms with Crippen molar-refractivity contribution in [1.82, 2.24) is 9.97 Å². The number of pyridine rings is 2. The maximum Gasteiger partial charge on any atom is 0.0887 e. The lowest BCUT2D eigenvalue weighted by atomic mass is 10.1. The van der Waals surface area contributed by atoms with Crippen LogP contribution in [-0.2, 0) is 0 Å². The highest BCUT2D eigenvalue weighted by molar-refractivity contribution is 6.92. The van der Waals surface area contributed by atoms with Gasteiger partial charge in [0, 0.05) is 12.4 Å². The summed E-state index contributed by atoms with van der Waals surface area (Å²) in [6, 6.07) is 18.9. The third-order valence-corrected chi connectivity index (χ3v) is 26.1. The molecule has 0 aliphatic carbocycles. The van der Waals surface area contributed by atoms with Gasteiger partial charge in [-0.3, -0.25) is 9.97 Å². The van der Waals surface area contributed by atoms with Gasteiger partial charge in [-0.15, -0.1) is 0 Å². The average molecular weight is 799 g/mol. The van der Waals surface area contributed by atoms with Crippen LogP contribution in [0.25, 0.3) is 11.4 Å². The summed E-state index contributed by atoms with van der Waals surface area (Å²) in [4.78, 5) is 10.7. The fourth-order valence-corrected chi connectivity index (χ4v) is 21.8. The van der Waals surface area contributed by atoms with Crippen LogP contribution in [-0.4, -0.2) is 26.1 Å². The van der Waals surface area contributed by atoms with Crippen LogP contribution in [0.2, 0.25) is 36.3 Å². The van der Waals surface area contributed by atoms with Gasteiger partial charge in [-0.05, 0) is 22.5 Å². The molecule has 0 saturated carbocycles. The van der Waals surface area contributed by atoms with E-state index in [4.69, 9.17) is 9.97 Å². The highest BCUT2D eigenvalue weighted by atomic mass is 28.3. The molecule has 9 aliphatic rings. The molecule has 2 aromatic heterocycles. The normalized spacial score (nSPS) is 27.3. The second-order valence-corrected chi connectivity index (χ2v) is 28.9. The van der Waals surface area contributed by atoms with Crippen LogP contribution < -0.4 is 10.4 Å². The first-order chi connectivity index (χ1) is 27.8. The maximum atomic E-state index is 5.33. The van der Waals surface area contributed by atoms with Gasteiger partial charge < -0.3 is 0 Å². The lowest BCUT2D eigenvalue weighted by molar-refractivity contribution is 0.540. The van der Waals surface area contributed by atoms with Gasteiger partial charge in [0.15, 0.2) is 0 Å². The molecule has 0 fully saturated rings. The number of hydrogen-bond donors (Lipinski definition) is 0. The van der Waals surface area contributed by atoms with Gasteiger partial charge in [0.1, 0.15) is 0 Å². The molecular weight excluding hydrogens is 709 g/mol. The Morgan fingerprint density at radius 3 is 0.571 bits per heavy atom. The van der Waals surface area contributed by atoms with Crippen LogP contribution in [0.4, 0.5) is 0 Å². The molecule has 0 unspecified atom stereocenters. The van der Waals surface area contributed by atoms with Gasteiger partial charge in [-0.1, -0.05) is 280 Å². The quantitative estimate of drug-likeness (QED) is 0.248. The van der Waals surface area contributed by atoms with Crippen molar-refractivity contribution < 1.29 is 0 Å². The minimum absolute atomic E-state index is 1.11. The second-order valence-electron chi connectivity index (χ2n) is 19.7. The van der Waals surface area contributed by atoms with Crippen molar-refractivity contribution >= 4 is 26.5 Å². The maximum absolute atomic E-state index is 5.33. The van der Waals surface area contributed by atoms with E-state index in [0.717, 1.165) is 11.4 Å². The van der Waals surface area contributed by atoms with Crippen molar-refractivity contribution in [2.45, 2.75) is 267 Å². The van der Waals surface area contributed by atoms with Gasteiger partial charge in [0.25, 0.3) is 0 Å². The van der Waals surface area contributed by atoms with E-state index in [1.165, 1.54) is 267 Å². The molecule has 11 rings (SSSR count). The van der Waals surface area contributed by atoms with Crippen LogP contribution in [0, 0.1) is 0 Å². The minimum Gasteiger partial charge on any atom is -0.255 e. The minimum atomic E-state index is -1.67. The Kier molecular flexibility index (Phi) is 23.1. The van der Waals surface area contributed by atoms with E-state index in [1.807, 2.05) is 0 Å². The molecule has 9 aliphatic heterocycles. The Labute approximate surface area is 350 Å². The van der Waals surface area contributed by atoms with Crippen molar-refractivity contribution in [3.63, 3.8) is 0 Å². The van der Waals surface area contributed by atoms with Crippen molar-refractivity contribution in [2.24, 2.45) is 0 Å². The summed E-state index contributed by atoms with van der Waals surface area (Å²) in [6.07, 6.45) is 57.2. The molecule has 2 nitrogen and oxygen atoms in total. The van der Waals surface area contributed by atoms with Gasteiger partial charge in [-0.2, -0.15) is 0 Å². The van der Waals surface area contributed by atoms with E-state index >= 15 is 0 Å². The zero-order valence-electron chi connectivity index (χ0n) is 37.1. The van der Waals surface area contributed by atoms with Crippen LogP contribution in [0.5, 0.6) is 0 Å². The molecule has 6 bridgehead atoms. The average Bonchev–Trinajstić information content (AvgIpc) is 3.22. The van der Waals surface area contributed by atoms with Gasteiger partial charge >= 0.3 is 0 Å². The Morgan fingerprint density at radius 1 is 0.232 bits per heavy atom. The first-order valence-electron chi connectivity index (χ1n) is 25.7.